The normalized spacial score (nSPS) is 17.1. The second-order valence-corrected chi connectivity index (χ2v) is 10.9. The summed E-state index contributed by atoms with van der Waals surface area (Å²) in [7, 11) is 0. The molecule has 0 spiro atoms. The molecular weight excluding hydrogens is 434 g/mol. The number of nitrogens with zero attached hydrogens (tertiary/aromatic N) is 1. The summed E-state index contributed by atoms with van der Waals surface area (Å²) in [6.45, 7) is 12.3. The predicted octanol–water partition coefficient (Wildman–Crippen LogP) is 6.63. The maximum absolute atomic E-state index is 13.1. The van der Waals surface area contributed by atoms with Crippen molar-refractivity contribution >= 4 is 0 Å². The largest absolute Gasteiger partial charge is 0.488 e. The van der Waals surface area contributed by atoms with E-state index in [1.54, 1.807) is 6.07 Å². The Hall–Kier alpha value is -2.59. The van der Waals surface area contributed by atoms with Crippen LogP contribution >= 0.6 is 0 Å². The summed E-state index contributed by atoms with van der Waals surface area (Å²) in [5.74, 6) is 1.19. The Morgan fingerprint density at radius 1 is 1.17 bits per heavy atom. The first-order chi connectivity index (χ1) is 16.7. The molecule has 35 heavy (non-hydrogen) atoms. The molecule has 1 N–H and O–H groups in total. The van der Waals surface area contributed by atoms with E-state index in [-0.39, 0.29) is 17.6 Å². The van der Waals surface area contributed by atoms with Crippen molar-refractivity contribution in [1.82, 2.24) is 4.57 Å². The molecule has 4 nitrogen and oxygen atoms in total. The third-order valence-electron chi connectivity index (χ3n) is 7.29. The summed E-state index contributed by atoms with van der Waals surface area (Å²) in [6, 6.07) is 11.8. The number of aliphatic hydroxyl groups is 1. The van der Waals surface area contributed by atoms with Crippen molar-refractivity contribution in [3.63, 3.8) is 0 Å². The zero-order chi connectivity index (χ0) is 25.4. The molecule has 0 amide bonds. The van der Waals surface area contributed by atoms with Gasteiger partial charge in [-0.1, -0.05) is 67.5 Å². The summed E-state index contributed by atoms with van der Waals surface area (Å²) < 4.78 is 8.14. The lowest BCUT2D eigenvalue weighted by Crippen LogP contribution is -2.38. The van der Waals surface area contributed by atoms with E-state index in [9.17, 15) is 9.90 Å². The topological polar surface area (TPSA) is 51.5 Å². The quantitative estimate of drug-likeness (QED) is 0.369. The molecule has 190 valence electrons. The molecule has 1 aromatic heterocycles. The van der Waals surface area contributed by atoms with Gasteiger partial charge < -0.3 is 14.4 Å². The van der Waals surface area contributed by atoms with Crippen LogP contribution in [0.25, 0.3) is 0 Å². The second-order valence-electron chi connectivity index (χ2n) is 10.9. The molecule has 0 bridgehead atoms. The SMILES string of the molecule is CC(C)=CCC/C(C)=C/CC1Cc2c(OCc3ccccc3)cc(=O)n(CCCO)c2CC1(C)C. The average molecular weight is 478 g/mol. The molecule has 0 fully saturated rings. The number of hydrogen-bond donors (Lipinski definition) is 1. The molecule has 0 saturated carbocycles. The molecule has 0 aliphatic heterocycles. The van der Waals surface area contributed by atoms with Gasteiger partial charge in [0.2, 0.25) is 0 Å². The van der Waals surface area contributed by atoms with Gasteiger partial charge in [-0.2, -0.15) is 0 Å². The van der Waals surface area contributed by atoms with Crippen LogP contribution in [-0.2, 0) is 26.0 Å². The van der Waals surface area contributed by atoms with Crippen LogP contribution in [0.5, 0.6) is 5.75 Å². The van der Waals surface area contributed by atoms with Crippen molar-refractivity contribution in [3.05, 3.63) is 86.9 Å². The number of aliphatic hydroxyl groups excluding tert-OH is 1. The van der Waals surface area contributed by atoms with Gasteiger partial charge in [-0.3, -0.25) is 4.79 Å². The van der Waals surface area contributed by atoms with E-state index >= 15 is 0 Å². The minimum Gasteiger partial charge on any atom is -0.488 e. The number of ether oxygens (including phenoxy) is 1. The molecule has 1 aliphatic rings. The van der Waals surface area contributed by atoms with Crippen LogP contribution in [0.1, 0.15) is 77.1 Å². The fourth-order valence-corrected chi connectivity index (χ4v) is 5.01. The molecule has 0 radical (unpaired) electrons. The van der Waals surface area contributed by atoms with Crippen molar-refractivity contribution in [2.45, 2.75) is 86.3 Å². The molecule has 1 heterocycles. The highest BCUT2D eigenvalue weighted by molar-refractivity contribution is 5.40. The number of fused-ring (bicyclic) bond motifs is 1. The van der Waals surface area contributed by atoms with Crippen molar-refractivity contribution in [3.8, 4) is 5.75 Å². The van der Waals surface area contributed by atoms with Crippen LogP contribution in [0.2, 0.25) is 0 Å². The van der Waals surface area contributed by atoms with E-state index in [0.29, 0.717) is 25.5 Å². The van der Waals surface area contributed by atoms with Gasteiger partial charge in [-0.15, -0.1) is 0 Å². The zero-order valence-corrected chi connectivity index (χ0v) is 22.3. The van der Waals surface area contributed by atoms with Crippen LogP contribution in [0.4, 0.5) is 0 Å². The van der Waals surface area contributed by atoms with Gasteiger partial charge in [0.15, 0.2) is 0 Å². The lowest BCUT2D eigenvalue weighted by Gasteiger charge is -2.41. The third-order valence-corrected chi connectivity index (χ3v) is 7.29. The minimum absolute atomic E-state index is 0.0375. The lowest BCUT2D eigenvalue weighted by molar-refractivity contribution is 0.181. The van der Waals surface area contributed by atoms with E-state index in [1.807, 2.05) is 34.9 Å². The molecule has 1 aliphatic carbocycles. The summed E-state index contributed by atoms with van der Waals surface area (Å²) in [6.07, 6.45) is 10.2. The zero-order valence-electron chi connectivity index (χ0n) is 22.3. The van der Waals surface area contributed by atoms with Gasteiger partial charge in [-0.05, 0) is 76.2 Å². The number of benzene rings is 1. The van der Waals surface area contributed by atoms with Crippen molar-refractivity contribution in [2.24, 2.45) is 11.3 Å². The smallest absolute Gasteiger partial charge is 0.254 e. The molecule has 1 atom stereocenters. The van der Waals surface area contributed by atoms with Crippen LogP contribution in [0.15, 0.2) is 64.5 Å². The summed E-state index contributed by atoms with van der Waals surface area (Å²) >= 11 is 0. The van der Waals surface area contributed by atoms with Gasteiger partial charge in [0.05, 0.1) is 0 Å². The molecule has 1 aromatic carbocycles. The fraction of sp³-hybridized carbons (Fsp3) is 0.516. The minimum atomic E-state index is -0.0375. The monoisotopic (exact) mass is 477 g/mol. The van der Waals surface area contributed by atoms with Gasteiger partial charge in [0, 0.05) is 30.5 Å². The molecule has 2 aromatic rings. The Balaban J connectivity index is 1.88. The third kappa shape index (κ3) is 7.44. The predicted molar refractivity (Wildman–Crippen MR) is 145 cm³/mol. The van der Waals surface area contributed by atoms with Crippen LogP contribution in [0.3, 0.4) is 0 Å². The Labute approximate surface area is 211 Å². The summed E-state index contributed by atoms with van der Waals surface area (Å²) in [5.41, 5.74) is 6.18. The lowest BCUT2D eigenvalue weighted by atomic mass is 9.66. The van der Waals surface area contributed by atoms with Crippen LogP contribution in [-0.4, -0.2) is 16.3 Å². The fourth-order valence-electron chi connectivity index (χ4n) is 5.01. The number of allylic oxidation sites excluding steroid dienone is 4. The number of rotatable bonds is 11. The number of aromatic nitrogens is 1. The van der Waals surface area contributed by atoms with Crippen molar-refractivity contribution in [2.75, 3.05) is 6.61 Å². The summed E-state index contributed by atoms with van der Waals surface area (Å²) in [5, 5.41) is 9.40. The van der Waals surface area contributed by atoms with Crippen LogP contribution in [0, 0.1) is 11.3 Å². The maximum Gasteiger partial charge on any atom is 0.254 e. The molecular formula is C31H43NO3. The molecule has 1 unspecified atom stereocenters. The van der Waals surface area contributed by atoms with Gasteiger partial charge in [-0.25, -0.2) is 0 Å². The van der Waals surface area contributed by atoms with Gasteiger partial charge in [0.25, 0.3) is 5.56 Å². The van der Waals surface area contributed by atoms with Crippen LogP contribution < -0.4 is 10.3 Å². The average Bonchev–Trinajstić information content (AvgIpc) is 2.81. The molecule has 3 rings (SSSR count). The first-order valence-corrected chi connectivity index (χ1v) is 13.0. The standard InChI is InChI=1S/C31H43NO3/c1-23(2)11-9-12-24(3)15-16-26-19-27-28(21-31(26,4)5)32(17-10-18-33)30(34)20-29(27)35-22-25-13-7-6-8-14-25/h6-8,11,13-15,20,26,33H,9-10,12,16-19,21-22H2,1-5H3/b24-15+. The first-order valence-electron chi connectivity index (χ1n) is 13.0. The first kappa shape index (κ1) is 27.0. The molecule has 0 saturated heterocycles. The Morgan fingerprint density at radius 3 is 2.60 bits per heavy atom. The highest BCUT2D eigenvalue weighted by atomic mass is 16.5. The van der Waals surface area contributed by atoms with E-state index in [1.165, 1.54) is 16.7 Å². The second kappa shape index (κ2) is 12.4. The highest BCUT2D eigenvalue weighted by Crippen LogP contribution is 2.44. The van der Waals surface area contributed by atoms with E-state index in [2.05, 4.69) is 46.8 Å². The van der Waals surface area contributed by atoms with Gasteiger partial charge >= 0.3 is 0 Å². The number of hydrogen-bond acceptors (Lipinski definition) is 3. The Morgan fingerprint density at radius 2 is 1.91 bits per heavy atom. The molecule has 4 heteroatoms. The van der Waals surface area contributed by atoms with E-state index in [0.717, 1.165) is 49.1 Å². The Bertz CT molecular complexity index is 1090. The number of pyridine rings is 1. The Kier molecular flexibility index (Phi) is 9.56. The maximum atomic E-state index is 13.1. The van der Waals surface area contributed by atoms with E-state index < -0.39 is 0 Å². The van der Waals surface area contributed by atoms with Gasteiger partial charge in [0.1, 0.15) is 12.4 Å². The van der Waals surface area contributed by atoms with Crippen molar-refractivity contribution < 1.29 is 9.84 Å². The summed E-state index contributed by atoms with van der Waals surface area (Å²) in [4.78, 5) is 13.1. The highest BCUT2D eigenvalue weighted by Gasteiger charge is 2.37. The van der Waals surface area contributed by atoms with Crippen molar-refractivity contribution in [1.29, 1.82) is 0 Å². The van der Waals surface area contributed by atoms with E-state index in [4.69, 9.17) is 4.74 Å².